The second kappa shape index (κ2) is 9.40. The molecule has 1 amide bonds. The molecule has 1 saturated heterocycles. The molecule has 2 fully saturated rings. The van der Waals surface area contributed by atoms with Crippen LogP contribution in [0.5, 0.6) is 11.6 Å². The zero-order valence-electron chi connectivity index (χ0n) is 19.3. The highest BCUT2D eigenvalue weighted by atomic mass is 32.2. The molecule has 35 heavy (non-hydrogen) atoms. The van der Waals surface area contributed by atoms with Crippen molar-refractivity contribution in [3.63, 3.8) is 0 Å². The molecule has 0 spiro atoms. The number of amides is 1. The maximum absolute atomic E-state index is 14.5. The number of aromatic nitrogens is 4. The number of halogens is 1. The standard InChI is InChI=1S/C23H26FN5O5S/c1-35(31,32)17-6-7-20(19(24)12-17)34-22-18-13-27-29(21(18)25-14-26-22)15-8-10-28(11-9-15)23(30)33-16-4-2-3-5-16/h6-7,12-16H,2-5,8-11H2,1H3. The van der Waals surface area contributed by atoms with E-state index >= 15 is 0 Å². The summed E-state index contributed by atoms with van der Waals surface area (Å²) in [7, 11) is -3.54. The van der Waals surface area contributed by atoms with E-state index in [4.69, 9.17) is 9.47 Å². The molecule has 0 atom stereocenters. The predicted molar refractivity (Wildman–Crippen MR) is 123 cm³/mol. The van der Waals surface area contributed by atoms with Gasteiger partial charge in [-0.2, -0.15) is 5.10 Å². The summed E-state index contributed by atoms with van der Waals surface area (Å²) in [5, 5.41) is 4.97. The zero-order valence-corrected chi connectivity index (χ0v) is 20.1. The lowest BCUT2D eigenvalue weighted by molar-refractivity contribution is 0.0555. The van der Waals surface area contributed by atoms with Gasteiger partial charge in [0.1, 0.15) is 17.8 Å². The number of nitrogens with zero attached hydrogens (tertiary/aromatic N) is 5. The van der Waals surface area contributed by atoms with Crippen molar-refractivity contribution in [2.45, 2.75) is 55.6 Å². The van der Waals surface area contributed by atoms with Gasteiger partial charge >= 0.3 is 6.09 Å². The van der Waals surface area contributed by atoms with Crippen LogP contribution in [-0.2, 0) is 14.6 Å². The molecule has 5 rings (SSSR count). The van der Waals surface area contributed by atoms with Crippen molar-refractivity contribution in [3.05, 3.63) is 36.5 Å². The SMILES string of the molecule is CS(=O)(=O)c1ccc(Oc2ncnc3c2cnn3C2CCN(C(=O)OC3CCCC3)CC2)c(F)c1. The van der Waals surface area contributed by atoms with Gasteiger partial charge in [0.15, 0.2) is 27.1 Å². The molecule has 0 N–H and O–H groups in total. The first kappa shape index (κ1) is 23.5. The van der Waals surface area contributed by atoms with Crippen LogP contribution in [0.15, 0.2) is 35.6 Å². The third-order valence-corrected chi connectivity index (χ3v) is 7.64. The third kappa shape index (κ3) is 4.93. The minimum atomic E-state index is -3.54. The molecule has 0 bridgehead atoms. The number of carbonyl (C=O) groups excluding carboxylic acids is 1. The number of piperidine rings is 1. The van der Waals surface area contributed by atoms with Crippen molar-refractivity contribution in [3.8, 4) is 11.6 Å². The van der Waals surface area contributed by atoms with Crippen LogP contribution in [0.1, 0.15) is 44.6 Å². The Morgan fingerprint density at radius 2 is 1.86 bits per heavy atom. The van der Waals surface area contributed by atoms with Gasteiger partial charge in [-0.3, -0.25) is 0 Å². The average molecular weight is 504 g/mol. The molecule has 2 aromatic heterocycles. The van der Waals surface area contributed by atoms with E-state index in [9.17, 15) is 17.6 Å². The van der Waals surface area contributed by atoms with Crippen molar-refractivity contribution >= 4 is 27.0 Å². The molecule has 3 aromatic rings. The van der Waals surface area contributed by atoms with Crippen molar-refractivity contribution in [2.75, 3.05) is 19.3 Å². The summed E-state index contributed by atoms with van der Waals surface area (Å²) in [6.07, 6.45) is 9.16. The van der Waals surface area contributed by atoms with Crippen LogP contribution in [0.4, 0.5) is 9.18 Å². The molecule has 1 aliphatic carbocycles. The minimum absolute atomic E-state index is 0.0246. The van der Waals surface area contributed by atoms with Crippen molar-refractivity contribution in [1.82, 2.24) is 24.6 Å². The Morgan fingerprint density at radius 1 is 1.11 bits per heavy atom. The molecule has 1 saturated carbocycles. The van der Waals surface area contributed by atoms with Crippen LogP contribution in [0.25, 0.3) is 11.0 Å². The zero-order chi connectivity index (χ0) is 24.6. The number of fused-ring (bicyclic) bond motifs is 1. The van der Waals surface area contributed by atoms with Crippen LogP contribution in [0, 0.1) is 5.82 Å². The monoisotopic (exact) mass is 503 g/mol. The van der Waals surface area contributed by atoms with E-state index in [0.717, 1.165) is 38.0 Å². The van der Waals surface area contributed by atoms with E-state index < -0.39 is 15.7 Å². The number of ether oxygens (including phenoxy) is 2. The highest BCUT2D eigenvalue weighted by Gasteiger charge is 2.29. The molecule has 10 nitrogen and oxygen atoms in total. The molecular formula is C23H26FN5O5S. The van der Waals surface area contributed by atoms with E-state index in [0.29, 0.717) is 37.0 Å². The van der Waals surface area contributed by atoms with Gasteiger partial charge in [0.25, 0.3) is 0 Å². The van der Waals surface area contributed by atoms with Gasteiger partial charge < -0.3 is 14.4 Å². The number of carbonyl (C=O) groups is 1. The van der Waals surface area contributed by atoms with Gasteiger partial charge in [-0.25, -0.2) is 32.3 Å². The molecule has 2 aliphatic rings. The first-order valence-corrected chi connectivity index (χ1v) is 13.5. The fourth-order valence-corrected chi connectivity index (χ4v) is 5.24. The number of rotatable bonds is 5. The Balaban J connectivity index is 1.29. The Morgan fingerprint density at radius 3 is 2.54 bits per heavy atom. The number of sulfone groups is 1. The topological polar surface area (TPSA) is 117 Å². The molecule has 1 aromatic carbocycles. The Hall–Kier alpha value is -3.28. The lowest BCUT2D eigenvalue weighted by Crippen LogP contribution is -2.40. The third-order valence-electron chi connectivity index (χ3n) is 6.53. The molecule has 1 aliphatic heterocycles. The fourth-order valence-electron chi connectivity index (χ4n) is 4.60. The summed E-state index contributed by atoms with van der Waals surface area (Å²) < 4.78 is 50.9. The molecular weight excluding hydrogens is 477 g/mol. The minimum Gasteiger partial charge on any atom is -0.446 e. The Kier molecular flexibility index (Phi) is 6.30. The van der Waals surface area contributed by atoms with Crippen LogP contribution in [0.2, 0.25) is 0 Å². The number of hydrogen-bond donors (Lipinski definition) is 0. The quantitative estimate of drug-likeness (QED) is 0.515. The van der Waals surface area contributed by atoms with Crippen molar-refractivity contribution < 1.29 is 27.1 Å². The summed E-state index contributed by atoms with van der Waals surface area (Å²) >= 11 is 0. The van der Waals surface area contributed by atoms with Gasteiger partial charge in [-0.05, 0) is 56.7 Å². The van der Waals surface area contributed by atoms with Crippen LogP contribution >= 0.6 is 0 Å². The smallest absolute Gasteiger partial charge is 0.410 e. The van der Waals surface area contributed by atoms with Crippen LogP contribution in [-0.4, -0.2) is 64.6 Å². The Labute approximate surface area is 202 Å². The molecule has 3 heterocycles. The Bertz CT molecular complexity index is 1350. The van der Waals surface area contributed by atoms with Crippen LogP contribution in [0.3, 0.4) is 0 Å². The lowest BCUT2D eigenvalue weighted by atomic mass is 10.1. The van der Waals surface area contributed by atoms with Crippen molar-refractivity contribution in [1.29, 1.82) is 0 Å². The van der Waals surface area contributed by atoms with Crippen LogP contribution < -0.4 is 4.74 Å². The highest BCUT2D eigenvalue weighted by molar-refractivity contribution is 7.90. The maximum atomic E-state index is 14.5. The molecule has 12 heteroatoms. The largest absolute Gasteiger partial charge is 0.446 e. The van der Waals surface area contributed by atoms with Gasteiger partial charge in [0.2, 0.25) is 5.88 Å². The average Bonchev–Trinajstić information content (AvgIpc) is 3.50. The summed E-state index contributed by atoms with van der Waals surface area (Å²) in [5.74, 6) is -0.854. The van der Waals surface area contributed by atoms with Gasteiger partial charge in [-0.15, -0.1) is 0 Å². The number of benzene rings is 1. The van der Waals surface area contributed by atoms with E-state index in [1.807, 2.05) is 0 Å². The highest BCUT2D eigenvalue weighted by Crippen LogP contribution is 2.32. The van der Waals surface area contributed by atoms with E-state index in [1.165, 1.54) is 18.5 Å². The summed E-state index contributed by atoms with van der Waals surface area (Å²) in [4.78, 5) is 22.5. The van der Waals surface area contributed by atoms with Gasteiger partial charge in [0.05, 0.1) is 17.1 Å². The fraction of sp³-hybridized carbons (Fsp3) is 0.478. The predicted octanol–water partition coefficient (Wildman–Crippen LogP) is 3.88. The summed E-state index contributed by atoms with van der Waals surface area (Å²) in [5.41, 5.74) is 0.537. The normalized spacial score (nSPS) is 17.7. The summed E-state index contributed by atoms with van der Waals surface area (Å²) in [6.45, 7) is 1.12. The van der Waals surface area contributed by atoms with E-state index in [-0.39, 0.29) is 34.8 Å². The van der Waals surface area contributed by atoms with Crippen molar-refractivity contribution in [2.24, 2.45) is 0 Å². The lowest BCUT2D eigenvalue weighted by Gasteiger charge is -2.32. The second-order valence-electron chi connectivity index (χ2n) is 8.98. The first-order valence-electron chi connectivity index (χ1n) is 11.6. The molecule has 0 unspecified atom stereocenters. The number of likely N-dealkylation sites (tertiary alicyclic amines) is 1. The summed E-state index contributed by atoms with van der Waals surface area (Å²) in [6, 6.07) is 3.47. The molecule has 186 valence electrons. The van der Waals surface area contributed by atoms with Gasteiger partial charge in [0, 0.05) is 19.3 Å². The van der Waals surface area contributed by atoms with E-state index in [1.54, 1.807) is 15.8 Å². The molecule has 0 radical (unpaired) electrons. The second-order valence-corrected chi connectivity index (χ2v) is 11.0. The number of hydrogen-bond acceptors (Lipinski definition) is 8. The van der Waals surface area contributed by atoms with Gasteiger partial charge in [-0.1, -0.05) is 0 Å². The van der Waals surface area contributed by atoms with E-state index in [2.05, 4.69) is 15.1 Å². The maximum Gasteiger partial charge on any atom is 0.410 e. The first-order chi connectivity index (χ1) is 16.8.